The van der Waals surface area contributed by atoms with E-state index in [0.29, 0.717) is 18.0 Å². The number of rotatable bonds is 8. The highest BCUT2D eigenvalue weighted by Crippen LogP contribution is 2.38. The molecule has 6 nitrogen and oxygen atoms in total. The molecule has 0 radical (unpaired) electrons. The molecule has 1 atom stereocenters. The van der Waals surface area contributed by atoms with Crippen LogP contribution in [0.1, 0.15) is 56.0 Å². The number of nitrogens with zero attached hydrogens (tertiary/aromatic N) is 4. The Morgan fingerprint density at radius 2 is 1.71 bits per heavy atom. The Hall–Kier alpha value is -3.12. The number of nitrogens with one attached hydrogen (secondary N) is 1. The Labute approximate surface area is 205 Å². The van der Waals surface area contributed by atoms with E-state index in [-0.39, 0.29) is 17.4 Å². The van der Waals surface area contributed by atoms with E-state index >= 15 is 0 Å². The molecule has 1 saturated carbocycles. The van der Waals surface area contributed by atoms with Crippen LogP contribution in [0.3, 0.4) is 0 Å². The van der Waals surface area contributed by atoms with Crippen LogP contribution in [0.5, 0.6) is 0 Å². The summed E-state index contributed by atoms with van der Waals surface area (Å²) in [6, 6.07) is 17.6. The summed E-state index contributed by atoms with van der Waals surface area (Å²) in [7, 11) is 0. The quantitative estimate of drug-likeness (QED) is 0.367. The lowest BCUT2D eigenvalue weighted by molar-refractivity contribution is -0.122. The molecule has 3 aromatic heterocycles. The van der Waals surface area contributed by atoms with Crippen molar-refractivity contribution >= 4 is 23.2 Å². The second-order valence-electron chi connectivity index (χ2n) is 9.46. The van der Waals surface area contributed by atoms with Crippen molar-refractivity contribution in [3.8, 4) is 0 Å². The summed E-state index contributed by atoms with van der Waals surface area (Å²) in [5.74, 6) is 1.03. The van der Waals surface area contributed by atoms with Gasteiger partial charge in [0.15, 0.2) is 5.65 Å². The van der Waals surface area contributed by atoms with Crippen molar-refractivity contribution in [3.05, 3.63) is 89.6 Å². The molecule has 1 unspecified atom stereocenters. The first-order valence-corrected chi connectivity index (χ1v) is 12.4. The van der Waals surface area contributed by atoms with Gasteiger partial charge in [-0.25, -0.2) is 0 Å². The highest BCUT2D eigenvalue weighted by molar-refractivity contribution is 6.30. The van der Waals surface area contributed by atoms with Gasteiger partial charge >= 0.3 is 0 Å². The summed E-state index contributed by atoms with van der Waals surface area (Å²) in [5, 5.41) is 12.8. The maximum atomic E-state index is 13.2. The summed E-state index contributed by atoms with van der Waals surface area (Å²) < 4.78 is 4.16. The van der Waals surface area contributed by atoms with Gasteiger partial charge < -0.3 is 9.88 Å². The first-order valence-electron chi connectivity index (χ1n) is 12.1. The predicted molar refractivity (Wildman–Crippen MR) is 134 cm³/mol. The van der Waals surface area contributed by atoms with Gasteiger partial charge in [-0.15, -0.1) is 10.2 Å². The highest BCUT2D eigenvalue weighted by Gasteiger charge is 2.34. The minimum absolute atomic E-state index is 0.00985. The van der Waals surface area contributed by atoms with Gasteiger partial charge in [0.2, 0.25) is 5.91 Å². The fourth-order valence-corrected chi connectivity index (χ4v) is 5.36. The van der Waals surface area contributed by atoms with Crippen LogP contribution in [-0.2, 0) is 11.2 Å². The molecular formula is C27H30ClN5O. The van der Waals surface area contributed by atoms with E-state index in [9.17, 15) is 4.79 Å². The second kappa shape index (κ2) is 10.0. The van der Waals surface area contributed by atoms with E-state index in [1.54, 1.807) is 0 Å². The maximum absolute atomic E-state index is 13.2. The van der Waals surface area contributed by atoms with Crippen molar-refractivity contribution in [2.75, 3.05) is 6.54 Å². The molecule has 7 heteroatoms. The van der Waals surface area contributed by atoms with Crippen LogP contribution in [0.4, 0.5) is 0 Å². The van der Waals surface area contributed by atoms with Gasteiger partial charge in [0.05, 0.1) is 12.5 Å². The normalized spacial score (nSPS) is 16.4. The smallest absolute Gasteiger partial charge is 0.222 e. The van der Waals surface area contributed by atoms with E-state index in [1.807, 2.05) is 73.2 Å². The third-order valence-corrected chi connectivity index (χ3v) is 7.37. The lowest BCUT2D eigenvalue weighted by Gasteiger charge is -2.37. The number of aromatic nitrogens is 4. The number of fused-ring (bicyclic) bond motifs is 1. The highest BCUT2D eigenvalue weighted by atomic mass is 35.5. The number of pyridine rings is 1. The largest absolute Gasteiger partial charge is 0.355 e. The average molecular weight is 476 g/mol. The van der Waals surface area contributed by atoms with Crippen molar-refractivity contribution in [1.82, 2.24) is 24.5 Å². The number of amides is 1. The van der Waals surface area contributed by atoms with E-state index in [1.165, 1.54) is 19.3 Å². The van der Waals surface area contributed by atoms with Crippen LogP contribution in [0.25, 0.3) is 5.65 Å². The molecule has 0 aliphatic heterocycles. The minimum atomic E-state index is -0.0741. The zero-order chi connectivity index (χ0) is 23.4. The molecule has 1 aliphatic carbocycles. The summed E-state index contributed by atoms with van der Waals surface area (Å²) >= 11 is 6.10. The molecule has 0 saturated heterocycles. The van der Waals surface area contributed by atoms with Crippen LogP contribution < -0.4 is 5.32 Å². The van der Waals surface area contributed by atoms with Gasteiger partial charge in [-0.2, -0.15) is 0 Å². The third-order valence-electron chi connectivity index (χ3n) is 7.11. The molecular weight excluding hydrogens is 446 g/mol. The Morgan fingerprint density at radius 3 is 2.47 bits per heavy atom. The van der Waals surface area contributed by atoms with Gasteiger partial charge in [0.25, 0.3) is 0 Å². The zero-order valence-electron chi connectivity index (χ0n) is 19.2. The average Bonchev–Trinajstić information content (AvgIpc) is 3.54. The Kier molecular flexibility index (Phi) is 6.68. The van der Waals surface area contributed by atoms with Crippen LogP contribution in [0, 0.1) is 5.41 Å². The lowest BCUT2D eigenvalue weighted by Crippen LogP contribution is -2.41. The number of halogens is 1. The number of carbonyl (C=O) groups excluding carboxylic acids is 1. The summed E-state index contributed by atoms with van der Waals surface area (Å²) in [6.07, 6.45) is 13.0. The van der Waals surface area contributed by atoms with E-state index < -0.39 is 0 Å². The monoisotopic (exact) mass is 475 g/mol. The van der Waals surface area contributed by atoms with Crippen LogP contribution in [0.15, 0.2) is 73.2 Å². The summed E-state index contributed by atoms with van der Waals surface area (Å²) in [6.45, 7) is 0.659. The Bertz CT molecular complexity index is 1230. The molecule has 4 aromatic rings. The molecule has 34 heavy (non-hydrogen) atoms. The van der Waals surface area contributed by atoms with Crippen LogP contribution in [0.2, 0.25) is 5.02 Å². The van der Waals surface area contributed by atoms with Crippen molar-refractivity contribution in [1.29, 1.82) is 0 Å². The molecule has 1 N–H and O–H groups in total. The SMILES string of the molecule is O=C(CC(c1ccc(Cl)cc1)n1cccc1)NCC1(Cc2nnc3ccccn23)CCCCC1. The van der Waals surface area contributed by atoms with E-state index in [4.69, 9.17) is 11.6 Å². The summed E-state index contributed by atoms with van der Waals surface area (Å²) in [4.78, 5) is 13.2. The molecule has 176 valence electrons. The number of benzene rings is 1. The maximum Gasteiger partial charge on any atom is 0.222 e. The molecule has 1 aromatic carbocycles. The van der Waals surface area contributed by atoms with E-state index in [0.717, 1.165) is 36.3 Å². The number of carbonyl (C=O) groups is 1. The van der Waals surface area contributed by atoms with Crippen molar-refractivity contribution < 1.29 is 4.79 Å². The topological polar surface area (TPSA) is 64.2 Å². The molecule has 0 bridgehead atoms. The molecule has 1 fully saturated rings. The second-order valence-corrected chi connectivity index (χ2v) is 9.90. The third kappa shape index (κ3) is 5.02. The predicted octanol–water partition coefficient (Wildman–Crippen LogP) is 5.47. The number of hydrogen-bond acceptors (Lipinski definition) is 3. The van der Waals surface area contributed by atoms with Crippen LogP contribution >= 0.6 is 11.6 Å². The molecule has 0 spiro atoms. The van der Waals surface area contributed by atoms with Gasteiger partial charge in [-0.3, -0.25) is 9.20 Å². The molecule has 3 heterocycles. The van der Waals surface area contributed by atoms with Crippen molar-refractivity contribution in [2.24, 2.45) is 5.41 Å². The van der Waals surface area contributed by atoms with Gasteiger partial charge in [-0.05, 0) is 60.2 Å². The zero-order valence-corrected chi connectivity index (χ0v) is 20.0. The fourth-order valence-electron chi connectivity index (χ4n) is 5.23. The lowest BCUT2D eigenvalue weighted by atomic mass is 9.71. The first kappa shape index (κ1) is 22.7. The fraction of sp³-hybridized carbons (Fsp3) is 0.370. The van der Waals surface area contributed by atoms with Gasteiger partial charge in [0.1, 0.15) is 5.82 Å². The van der Waals surface area contributed by atoms with Gasteiger partial charge in [-0.1, -0.05) is 49.1 Å². The first-order chi connectivity index (χ1) is 16.6. The van der Waals surface area contributed by atoms with E-state index in [2.05, 4.69) is 24.5 Å². The molecule has 1 aliphatic rings. The summed E-state index contributed by atoms with van der Waals surface area (Å²) in [5.41, 5.74) is 1.94. The number of hydrogen-bond donors (Lipinski definition) is 1. The Morgan fingerprint density at radius 1 is 0.971 bits per heavy atom. The standard InChI is InChI=1S/C27H30ClN5O/c28-22-11-9-21(10-12-22)23(32-15-6-7-16-32)18-26(34)29-20-27(13-3-1-4-14-27)19-25-31-30-24-8-2-5-17-33(24)25/h2,5-12,15-17,23H,1,3-4,13-14,18-20H2,(H,29,34). The van der Waals surface area contributed by atoms with Crippen LogP contribution in [-0.4, -0.2) is 31.6 Å². The molecule has 1 amide bonds. The minimum Gasteiger partial charge on any atom is -0.355 e. The molecule has 5 rings (SSSR count). The van der Waals surface area contributed by atoms with Crippen molar-refractivity contribution in [2.45, 2.75) is 51.0 Å². The Balaban J connectivity index is 1.30. The van der Waals surface area contributed by atoms with Gasteiger partial charge in [0, 0.05) is 36.6 Å². The van der Waals surface area contributed by atoms with Crippen molar-refractivity contribution in [3.63, 3.8) is 0 Å².